The molecule has 0 bridgehead atoms. The first-order chi connectivity index (χ1) is 9.72. The monoisotopic (exact) mass is 272 g/mol. The summed E-state index contributed by atoms with van der Waals surface area (Å²) in [4.78, 5) is 23.3. The molecule has 0 radical (unpaired) electrons. The summed E-state index contributed by atoms with van der Waals surface area (Å²) in [5.41, 5.74) is 1.01. The third kappa shape index (κ3) is 3.35. The van der Waals surface area contributed by atoms with Crippen LogP contribution >= 0.6 is 0 Å². The summed E-state index contributed by atoms with van der Waals surface area (Å²) < 4.78 is 10.3. The fraction of sp³-hybridized carbons (Fsp3) is 0.250. The Morgan fingerprint density at radius 2 is 2.20 bits per heavy atom. The van der Waals surface area contributed by atoms with E-state index in [2.05, 4.69) is 0 Å². The number of fused-ring (bicyclic) bond motifs is 1. The van der Waals surface area contributed by atoms with Crippen molar-refractivity contribution < 1.29 is 13.9 Å². The first kappa shape index (κ1) is 14.1. The van der Waals surface area contributed by atoms with E-state index in [-0.39, 0.29) is 5.43 Å². The van der Waals surface area contributed by atoms with Crippen LogP contribution in [0.25, 0.3) is 17.0 Å². The summed E-state index contributed by atoms with van der Waals surface area (Å²) in [6.45, 7) is 2.44. The van der Waals surface area contributed by atoms with Crippen LogP contribution in [-0.4, -0.2) is 12.6 Å². The standard InChI is InChI=1S/C16H16O4/c1-2-3-10-20-15(18)8-7-12-5-4-6-14-16(12)13(17)9-11-19-14/h4-9,11H,2-3,10H2,1H3/b8-7+. The summed E-state index contributed by atoms with van der Waals surface area (Å²) >= 11 is 0. The molecule has 0 saturated carbocycles. The molecule has 0 unspecified atom stereocenters. The van der Waals surface area contributed by atoms with Gasteiger partial charge < -0.3 is 9.15 Å². The van der Waals surface area contributed by atoms with Gasteiger partial charge in [0.25, 0.3) is 0 Å². The first-order valence-corrected chi connectivity index (χ1v) is 6.57. The van der Waals surface area contributed by atoms with Gasteiger partial charge in [-0.1, -0.05) is 25.5 Å². The minimum Gasteiger partial charge on any atom is -0.464 e. The molecule has 1 aromatic carbocycles. The molecule has 0 fully saturated rings. The third-order valence-electron chi connectivity index (χ3n) is 2.86. The second-order valence-electron chi connectivity index (χ2n) is 4.36. The van der Waals surface area contributed by atoms with Gasteiger partial charge in [-0.05, 0) is 24.1 Å². The first-order valence-electron chi connectivity index (χ1n) is 6.57. The highest BCUT2D eigenvalue weighted by molar-refractivity contribution is 5.92. The summed E-state index contributed by atoms with van der Waals surface area (Å²) in [7, 11) is 0. The van der Waals surface area contributed by atoms with Gasteiger partial charge in [0, 0.05) is 12.1 Å². The number of hydrogen-bond donors (Lipinski definition) is 0. The van der Waals surface area contributed by atoms with Crippen molar-refractivity contribution in [3.05, 3.63) is 52.4 Å². The number of carbonyl (C=O) groups is 1. The predicted octanol–water partition coefficient (Wildman–Crippen LogP) is 3.15. The van der Waals surface area contributed by atoms with Gasteiger partial charge in [-0.3, -0.25) is 4.79 Å². The van der Waals surface area contributed by atoms with Crippen molar-refractivity contribution in [2.45, 2.75) is 19.8 Å². The van der Waals surface area contributed by atoms with Crippen molar-refractivity contribution >= 4 is 23.0 Å². The second-order valence-corrected chi connectivity index (χ2v) is 4.36. The van der Waals surface area contributed by atoms with E-state index in [1.807, 2.05) is 6.92 Å². The van der Waals surface area contributed by atoms with Gasteiger partial charge in [0.15, 0.2) is 5.43 Å². The van der Waals surface area contributed by atoms with Gasteiger partial charge in [0.05, 0.1) is 18.3 Å². The summed E-state index contributed by atoms with van der Waals surface area (Å²) in [5.74, 6) is -0.407. The maximum atomic E-state index is 11.8. The lowest BCUT2D eigenvalue weighted by atomic mass is 10.1. The van der Waals surface area contributed by atoms with Crippen molar-refractivity contribution in [2.75, 3.05) is 6.61 Å². The van der Waals surface area contributed by atoms with Crippen LogP contribution in [0.15, 0.2) is 45.8 Å². The molecule has 0 amide bonds. The highest BCUT2D eigenvalue weighted by atomic mass is 16.5. The highest BCUT2D eigenvalue weighted by Crippen LogP contribution is 2.16. The molecule has 1 aromatic heterocycles. The van der Waals surface area contributed by atoms with Crippen LogP contribution in [0.2, 0.25) is 0 Å². The van der Waals surface area contributed by atoms with Crippen molar-refractivity contribution in [3.63, 3.8) is 0 Å². The molecule has 20 heavy (non-hydrogen) atoms. The van der Waals surface area contributed by atoms with Crippen molar-refractivity contribution in [2.24, 2.45) is 0 Å². The molecule has 0 saturated heterocycles. The number of hydrogen-bond acceptors (Lipinski definition) is 4. The molecule has 0 spiro atoms. The molecule has 0 aliphatic rings. The average Bonchev–Trinajstić information content (AvgIpc) is 2.45. The van der Waals surface area contributed by atoms with Crippen molar-refractivity contribution in [1.29, 1.82) is 0 Å². The lowest BCUT2D eigenvalue weighted by Gasteiger charge is -2.01. The maximum absolute atomic E-state index is 11.8. The Morgan fingerprint density at radius 1 is 1.35 bits per heavy atom. The number of carbonyl (C=O) groups excluding carboxylic acids is 1. The van der Waals surface area contributed by atoms with E-state index < -0.39 is 5.97 Å². The summed E-state index contributed by atoms with van der Waals surface area (Å²) in [6, 6.07) is 6.61. The number of ether oxygens (including phenoxy) is 1. The Morgan fingerprint density at radius 3 is 3.00 bits per heavy atom. The fourth-order valence-corrected chi connectivity index (χ4v) is 1.82. The molecule has 0 aliphatic carbocycles. The van der Waals surface area contributed by atoms with E-state index >= 15 is 0 Å². The number of unbranched alkanes of at least 4 members (excludes halogenated alkanes) is 1. The lowest BCUT2D eigenvalue weighted by Crippen LogP contribution is -2.02. The van der Waals surface area contributed by atoms with Crippen LogP contribution < -0.4 is 5.43 Å². The molecular formula is C16H16O4. The quantitative estimate of drug-likeness (QED) is 0.476. The molecule has 104 valence electrons. The van der Waals surface area contributed by atoms with Gasteiger partial charge in [-0.25, -0.2) is 4.79 Å². The maximum Gasteiger partial charge on any atom is 0.330 e. The Kier molecular flexibility index (Phi) is 4.71. The molecule has 2 rings (SSSR count). The molecule has 0 N–H and O–H groups in total. The van der Waals surface area contributed by atoms with Gasteiger partial charge in [0.2, 0.25) is 0 Å². The topological polar surface area (TPSA) is 56.5 Å². The van der Waals surface area contributed by atoms with Gasteiger partial charge >= 0.3 is 5.97 Å². The molecule has 0 aliphatic heterocycles. The minimum absolute atomic E-state index is 0.133. The Balaban J connectivity index is 2.22. The molecule has 4 heteroatoms. The van der Waals surface area contributed by atoms with Crippen LogP contribution in [0.3, 0.4) is 0 Å². The van der Waals surface area contributed by atoms with Crippen LogP contribution in [0, 0.1) is 0 Å². The van der Waals surface area contributed by atoms with Crippen molar-refractivity contribution in [1.82, 2.24) is 0 Å². The molecule has 2 aromatic rings. The number of benzene rings is 1. The zero-order valence-electron chi connectivity index (χ0n) is 11.3. The van der Waals surface area contributed by atoms with Gasteiger partial charge in [-0.15, -0.1) is 0 Å². The van der Waals surface area contributed by atoms with Crippen LogP contribution in [0.1, 0.15) is 25.3 Å². The second kappa shape index (κ2) is 6.70. The lowest BCUT2D eigenvalue weighted by molar-refractivity contribution is -0.137. The Bertz CT molecular complexity index is 677. The number of esters is 1. The Hall–Kier alpha value is -2.36. The highest BCUT2D eigenvalue weighted by Gasteiger charge is 2.04. The zero-order valence-corrected chi connectivity index (χ0v) is 11.3. The minimum atomic E-state index is -0.407. The van der Waals surface area contributed by atoms with E-state index in [0.29, 0.717) is 23.1 Å². The molecular weight excluding hydrogens is 256 g/mol. The number of rotatable bonds is 5. The van der Waals surface area contributed by atoms with Gasteiger partial charge in [-0.2, -0.15) is 0 Å². The van der Waals surface area contributed by atoms with Crippen LogP contribution in [0.5, 0.6) is 0 Å². The average molecular weight is 272 g/mol. The fourth-order valence-electron chi connectivity index (χ4n) is 1.82. The van der Waals surface area contributed by atoms with Crippen LogP contribution in [-0.2, 0) is 9.53 Å². The van der Waals surface area contributed by atoms with E-state index in [4.69, 9.17) is 9.15 Å². The predicted molar refractivity (Wildman–Crippen MR) is 77.4 cm³/mol. The van der Waals surface area contributed by atoms with Gasteiger partial charge in [0.1, 0.15) is 5.58 Å². The normalized spacial score (nSPS) is 11.1. The van der Waals surface area contributed by atoms with E-state index in [9.17, 15) is 9.59 Å². The van der Waals surface area contributed by atoms with E-state index in [1.165, 1.54) is 18.4 Å². The molecule has 4 nitrogen and oxygen atoms in total. The zero-order chi connectivity index (χ0) is 14.4. The van der Waals surface area contributed by atoms with Crippen molar-refractivity contribution in [3.8, 4) is 0 Å². The largest absolute Gasteiger partial charge is 0.464 e. The smallest absolute Gasteiger partial charge is 0.330 e. The Labute approximate surface area is 116 Å². The molecule has 1 heterocycles. The third-order valence-corrected chi connectivity index (χ3v) is 2.86. The van der Waals surface area contributed by atoms with E-state index in [0.717, 1.165) is 12.8 Å². The molecule has 0 atom stereocenters. The summed E-state index contributed by atoms with van der Waals surface area (Å²) in [6.07, 6.45) is 6.08. The van der Waals surface area contributed by atoms with E-state index in [1.54, 1.807) is 24.3 Å². The SMILES string of the molecule is CCCCOC(=O)/C=C/c1cccc2occc(=O)c12. The summed E-state index contributed by atoms with van der Waals surface area (Å²) in [5, 5.41) is 0.465. The van der Waals surface area contributed by atoms with Crippen LogP contribution in [0.4, 0.5) is 0 Å².